The van der Waals surface area contributed by atoms with Crippen LogP contribution in [0.25, 0.3) is 0 Å². The predicted molar refractivity (Wildman–Crippen MR) is 76.6 cm³/mol. The Morgan fingerprint density at radius 3 is 2.05 bits per heavy atom. The number of hydrogen-bond acceptors (Lipinski definition) is 10. The van der Waals surface area contributed by atoms with E-state index >= 15 is 0 Å². The number of allylic oxidation sites excluding steroid dienone is 2. The van der Waals surface area contributed by atoms with Gasteiger partial charge in [0.05, 0.1) is 6.54 Å². The summed E-state index contributed by atoms with van der Waals surface area (Å²) >= 11 is 0. The maximum absolute atomic E-state index is 10.7. The van der Waals surface area contributed by atoms with Gasteiger partial charge < -0.3 is 36.4 Å². The van der Waals surface area contributed by atoms with Gasteiger partial charge in [-0.25, -0.2) is 0 Å². The van der Waals surface area contributed by atoms with Gasteiger partial charge in [0.1, 0.15) is 0 Å². The topological polar surface area (TPSA) is 178 Å². The predicted octanol–water partition coefficient (Wildman–Crippen LogP) is 0.149. The van der Waals surface area contributed by atoms with E-state index < -0.39 is 0 Å². The second-order valence-electron chi connectivity index (χ2n) is 3.32. The molecule has 0 fully saturated rings. The van der Waals surface area contributed by atoms with Crippen molar-refractivity contribution < 1.29 is 21.9 Å². The molecule has 10 nitrogen and oxygen atoms in total. The molecule has 11 heteroatoms. The van der Waals surface area contributed by atoms with E-state index in [1.807, 2.05) is 6.92 Å². The van der Waals surface area contributed by atoms with Gasteiger partial charge in [0, 0.05) is 12.3 Å². The van der Waals surface area contributed by atoms with Crippen molar-refractivity contribution >= 4 is 5.71 Å². The molecule has 124 valence electrons. The monoisotopic (exact) mass is 349 g/mol. The quantitative estimate of drug-likeness (QED) is 0.216. The van der Waals surface area contributed by atoms with Gasteiger partial charge in [-0.3, -0.25) is 4.99 Å². The minimum atomic E-state index is 0. The van der Waals surface area contributed by atoms with Crippen LogP contribution >= 0.6 is 0 Å². The molecule has 0 aromatic carbocycles. The standard InChI is InChI=1S/C10H21N3O.Co.2HNO2/c1-9(8-10(2)14)13-7-6-12-5-3-4-11;;2*2-1-3/h8,12,14H,3-7,11H2,1-2H3;;2*(H,2,3)/q;+3;;/p-3/b10-8-,13-9?;;;. The molecule has 0 bridgehead atoms. The minimum Gasteiger partial charge on any atom is -0.876 e. The Balaban J connectivity index is -0.000000177. The maximum atomic E-state index is 10.7. The Morgan fingerprint density at radius 1 is 1.19 bits per heavy atom. The Bertz CT molecular complexity index is 279. The zero-order valence-electron chi connectivity index (χ0n) is 11.9. The van der Waals surface area contributed by atoms with Crippen molar-refractivity contribution in [2.24, 2.45) is 21.4 Å². The first-order valence-electron chi connectivity index (χ1n) is 5.67. The van der Waals surface area contributed by atoms with Crippen LogP contribution in [0.5, 0.6) is 0 Å². The first kappa shape index (κ1) is 27.7. The molecule has 0 unspecified atom stereocenters. The molecule has 0 aliphatic rings. The largest absolute Gasteiger partial charge is 3.00 e. The van der Waals surface area contributed by atoms with Crippen molar-refractivity contribution in [3.8, 4) is 0 Å². The van der Waals surface area contributed by atoms with E-state index in [-0.39, 0.29) is 22.5 Å². The first-order valence-corrected chi connectivity index (χ1v) is 5.67. The smallest absolute Gasteiger partial charge is 0.876 e. The van der Waals surface area contributed by atoms with Crippen molar-refractivity contribution in [1.82, 2.24) is 5.32 Å². The number of aliphatic imine (C=N–C) groups is 1. The molecule has 0 saturated heterocycles. The van der Waals surface area contributed by atoms with Gasteiger partial charge in [0.2, 0.25) is 0 Å². The molecule has 21 heavy (non-hydrogen) atoms. The van der Waals surface area contributed by atoms with Gasteiger partial charge in [-0.15, -0.1) is 16.4 Å². The SMILES string of the molecule is CC(/C=C(/C)[O-])=NCCNCCCN.O=N[O-].O=N[O-].[Co+3]. The summed E-state index contributed by atoms with van der Waals surface area (Å²) in [6, 6.07) is 0. The van der Waals surface area contributed by atoms with Crippen molar-refractivity contribution in [2.75, 3.05) is 26.2 Å². The molecule has 0 aliphatic carbocycles. The zero-order valence-corrected chi connectivity index (χ0v) is 12.9. The van der Waals surface area contributed by atoms with Crippen LogP contribution in [-0.2, 0) is 16.8 Å². The zero-order chi connectivity index (χ0) is 16.2. The summed E-state index contributed by atoms with van der Waals surface area (Å²) in [4.78, 5) is 20.2. The normalized spacial score (nSPS) is 10.0. The summed E-state index contributed by atoms with van der Waals surface area (Å²) in [7, 11) is 0. The molecule has 0 radical (unpaired) electrons. The Kier molecular flexibility index (Phi) is 35.5. The summed E-state index contributed by atoms with van der Waals surface area (Å²) in [5.74, 6) is 0.0438. The van der Waals surface area contributed by atoms with E-state index in [9.17, 15) is 5.11 Å². The van der Waals surface area contributed by atoms with E-state index in [1.54, 1.807) is 6.08 Å². The van der Waals surface area contributed by atoms with Crippen molar-refractivity contribution in [3.63, 3.8) is 0 Å². The summed E-state index contributed by atoms with van der Waals surface area (Å²) in [5.41, 5.74) is 6.13. The summed E-state index contributed by atoms with van der Waals surface area (Å²) in [5, 5.41) is 31.9. The molecule has 0 aromatic rings. The Hall–Kier alpha value is -1.56. The van der Waals surface area contributed by atoms with Crippen LogP contribution in [0, 0.1) is 20.2 Å². The molecule has 0 aliphatic heterocycles. The number of hydrogen-bond donors (Lipinski definition) is 2. The van der Waals surface area contributed by atoms with Crippen LogP contribution in [-0.4, -0.2) is 31.9 Å². The van der Waals surface area contributed by atoms with Crippen molar-refractivity contribution in [2.45, 2.75) is 20.3 Å². The molecule has 0 aromatic heterocycles. The molecule has 0 heterocycles. The second-order valence-corrected chi connectivity index (χ2v) is 3.32. The van der Waals surface area contributed by atoms with E-state index in [1.165, 1.54) is 6.92 Å². The molecule has 0 saturated carbocycles. The molecular formula is C10H20CoN5O5. The number of nitrogens with zero attached hydrogens (tertiary/aromatic N) is 3. The molecular weight excluding hydrogens is 329 g/mol. The molecule has 0 amide bonds. The molecule has 0 atom stereocenters. The van der Waals surface area contributed by atoms with Crippen LogP contribution in [0.4, 0.5) is 0 Å². The average molecular weight is 349 g/mol. The summed E-state index contributed by atoms with van der Waals surface area (Å²) in [6.07, 6.45) is 2.53. The van der Waals surface area contributed by atoms with E-state index in [4.69, 9.17) is 26.0 Å². The molecule has 3 N–H and O–H groups in total. The third-order valence-electron chi connectivity index (χ3n) is 1.62. The van der Waals surface area contributed by atoms with Gasteiger partial charge in [0.25, 0.3) is 0 Å². The van der Waals surface area contributed by atoms with Crippen LogP contribution in [0.2, 0.25) is 0 Å². The van der Waals surface area contributed by atoms with Crippen molar-refractivity contribution in [3.05, 3.63) is 32.1 Å². The summed E-state index contributed by atoms with van der Waals surface area (Å²) in [6.45, 7) is 6.55. The van der Waals surface area contributed by atoms with Gasteiger partial charge >= 0.3 is 16.8 Å². The minimum absolute atomic E-state index is 0. The maximum Gasteiger partial charge on any atom is 3.00 e. The first-order chi connectivity index (χ1) is 9.49. The van der Waals surface area contributed by atoms with Gasteiger partial charge in [-0.2, -0.15) is 0 Å². The van der Waals surface area contributed by atoms with E-state index in [0.29, 0.717) is 13.1 Å². The average Bonchev–Trinajstić information content (AvgIpc) is 2.34. The fourth-order valence-corrected chi connectivity index (χ4v) is 1.00. The Morgan fingerprint density at radius 2 is 1.67 bits per heavy atom. The molecule has 0 rings (SSSR count). The second kappa shape index (κ2) is 26.9. The number of rotatable bonds is 7. The molecule has 0 spiro atoms. The van der Waals surface area contributed by atoms with Crippen LogP contribution in [0.15, 0.2) is 27.5 Å². The van der Waals surface area contributed by atoms with Gasteiger partial charge in [-0.1, -0.05) is 13.0 Å². The number of nitrogens with two attached hydrogens (primary N) is 1. The van der Waals surface area contributed by atoms with Crippen LogP contribution in [0.3, 0.4) is 0 Å². The Labute approximate surface area is 133 Å². The van der Waals surface area contributed by atoms with E-state index in [0.717, 1.165) is 35.9 Å². The third-order valence-corrected chi connectivity index (χ3v) is 1.62. The summed E-state index contributed by atoms with van der Waals surface area (Å²) < 4.78 is 0. The fraction of sp³-hybridized carbons (Fsp3) is 0.700. The third kappa shape index (κ3) is 45.7. The van der Waals surface area contributed by atoms with Gasteiger partial charge in [0.15, 0.2) is 0 Å². The van der Waals surface area contributed by atoms with Crippen LogP contribution in [0.1, 0.15) is 20.3 Å². The van der Waals surface area contributed by atoms with E-state index in [2.05, 4.69) is 10.3 Å². The fourth-order valence-electron chi connectivity index (χ4n) is 1.00. The number of nitrogens with one attached hydrogen (secondary N) is 1. The van der Waals surface area contributed by atoms with Crippen LogP contribution < -0.4 is 16.2 Å². The van der Waals surface area contributed by atoms with Crippen molar-refractivity contribution in [1.29, 1.82) is 0 Å². The van der Waals surface area contributed by atoms with Gasteiger partial charge in [-0.05, 0) is 26.4 Å².